The fourth-order valence-corrected chi connectivity index (χ4v) is 4.51. The summed E-state index contributed by atoms with van der Waals surface area (Å²) in [6.45, 7) is 4.27. The van der Waals surface area contributed by atoms with Crippen molar-refractivity contribution in [1.82, 2.24) is 15.0 Å². The minimum absolute atomic E-state index is 0.448. The highest BCUT2D eigenvalue weighted by atomic mass is 15.3. The molecule has 6 rings (SSSR count). The van der Waals surface area contributed by atoms with Gasteiger partial charge in [-0.2, -0.15) is 0 Å². The summed E-state index contributed by atoms with van der Waals surface area (Å²) >= 11 is 0. The topological polar surface area (TPSA) is 45.2 Å². The lowest BCUT2D eigenvalue weighted by Gasteiger charge is -2.40. The monoisotopic (exact) mass is 343 g/mol. The molecule has 1 aliphatic carbocycles. The summed E-state index contributed by atoms with van der Waals surface area (Å²) < 4.78 is 0. The van der Waals surface area contributed by atoms with Gasteiger partial charge in [0.05, 0.1) is 11.2 Å². The Labute approximate surface area is 152 Å². The van der Waals surface area contributed by atoms with E-state index in [1.165, 1.54) is 30.6 Å². The van der Waals surface area contributed by atoms with E-state index in [1.807, 2.05) is 18.5 Å². The highest BCUT2D eigenvalue weighted by Gasteiger charge is 2.46. The summed E-state index contributed by atoms with van der Waals surface area (Å²) in [5.74, 6) is 4.45. The van der Waals surface area contributed by atoms with Crippen LogP contribution in [-0.2, 0) is 0 Å². The molecular formula is C21H21N5. The second-order valence-electron chi connectivity index (χ2n) is 7.89. The third-order valence-electron chi connectivity index (χ3n) is 6.16. The molecule has 3 aliphatic rings. The number of fused-ring (bicyclic) bond motifs is 2. The van der Waals surface area contributed by atoms with Crippen LogP contribution in [0, 0.1) is 11.8 Å². The van der Waals surface area contributed by atoms with Gasteiger partial charge in [-0.1, -0.05) is 18.2 Å². The normalized spacial score (nSPS) is 24.6. The molecule has 2 saturated heterocycles. The van der Waals surface area contributed by atoms with Crippen molar-refractivity contribution in [2.75, 3.05) is 36.0 Å². The largest absolute Gasteiger partial charge is 0.355 e. The van der Waals surface area contributed by atoms with Gasteiger partial charge in [-0.25, -0.2) is 9.97 Å². The van der Waals surface area contributed by atoms with Crippen molar-refractivity contribution in [3.05, 3.63) is 54.5 Å². The zero-order valence-electron chi connectivity index (χ0n) is 14.6. The number of anilines is 2. The Morgan fingerprint density at radius 1 is 0.808 bits per heavy atom. The number of hydrogen-bond acceptors (Lipinski definition) is 5. The number of aromatic nitrogens is 3. The second kappa shape index (κ2) is 5.40. The fraction of sp³-hybridized carbons (Fsp3) is 0.381. The molecule has 0 amide bonds. The van der Waals surface area contributed by atoms with Crippen LogP contribution in [0.4, 0.5) is 11.6 Å². The van der Waals surface area contributed by atoms with Gasteiger partial charge >= 0.3 is 0 Å². The lowest BCUT2D eigenvalue weighted by Crippen LogP contribution is -2.46. The molecule has 130 valence electrons. The maximum absolute atomic E-state index is 4.82. The predicted octanol–water partition coefficient (Wildman–Crippen LogP) is 3.08. The van der Waals surface area contributed by atoms with E-state index in [0.29, 0.717) is 5.92 Å². The first-order chi connectivity index (χ1) is 12.8. The maximum atomic E-state index is 4.82. The van der Waals surface area contributed by atoms with Crippen molar-refractivity contribution in [3.63, 3.8) is 0 Å². The number of piperidine rings is 1. The first-order valence-electron chi connectivity index (χ1n) is 9.52. The molecule has 1 saturated carbocycles. The van der Waals surface area contributed by atoms with Gasteiger partial charge in [-0.05, 0) is 36.5 Å². The summed E-state index contributed by atoms with van der Waals surface area (Å²) in [6, 6.07) is 12.6. The Bertz CT molecular complexity index is 971. The highest BCUT2D eigenvalue weighted by Crippen LogP contribution is 2.47. The molecule has 2 aliphatic heterocycles. The van der Waals surface area contributed by atoms with Gasteiger partial charge in [0.2, 0.25) is 0 Å². The van der Waals surface area contributed by atoms with Gasteiger partial charge in [-0.3, -0.25) is 4.98 Å². The van der Waals surface area contributed by atoms with Crippen molar-refractivity contribution in [1.29, 1.82) is 0 Å². The van der Waals surface area contributed by atoms with E-state index in [0.717, 1.165) is 42.1 Å². The molecule has 5 nitrogen and oxygen atoms in total. The van der Waals surface area contributed by atoms with E-state index in [1.54, 1.807) is 0 Å². The molecule has 5 heteroatoms. The van der Waals surface area contributed by atoms with Crippen LogP contribution in [0.25, 0.3) is 10.9 Å². The van der Waals surface area contributed by atoms with Gasteiger partial charge in [0.25, 0.3) is 0 Å². The molecule has 3 fully saturated rings. The van der Waals surface area contributed by atoms with E-state index < -0.39 is 0 Å². The molecule has 3 aromatic rings. The molecule has 2 atom stereocenters. The fourth-order valence-electron chi connectivity index (χ4n) is 4.51. The van der Waals surface area contributed by atoms with Gasteiger partial charge in [0, 0.05) is 49.9 Å². The summed E-state index contributed by atoms with van der Waals surface area (Å²) in [5, 5.41) is 1.19. The third-order valence-corrected chi connectivity index (χ3v) is 6.16. The Morgan fingerprint density at radius 3 is 2.50 bits per heavy atom. The average molecular weight is 343 g/mol. The van der Waals surface area contributed by atoms with E-state index in [9.17, 15) is 0 Å². The van der Waals surface area contributed by atoms with Crippen LogP contribution in [0.1, 0.15) is 18.0 Å². The zero-order chi connectivity index (χ0) is 17.1. The molecule has 0 bridgehead atoms. The summed E-state index contributed by atoms with van der Waals surface area (Å²) in [5.41, 5.74) is 2.23. The number of hydrogen-bond donors (Lipinski definition) is 0. The molecule has 1 aromatic carbocycles. The van der Waals surface area contributed by atoms with Crippen LogP contribution in [-0.4, -0.2) is 41.1 Å². The summed E-state index contributed by atoms with van der Waals surface area (Å²) in [6.07, 6.45) is 5.09. The third kappa shape index (κ3) is 2.26. The van der Waals surface area contributed by atoms with Gasteiger partial charge in [0.15, 0.2) is 5.82 Å². The number of para-hydroxylation sites is 1. The van der Waals surface area contributed by atoms with Crippen molar-refractivity contribution in [3.8, 4) is 0 Å². The Morgan fingerprint density at radius 2 is 1.62 bits per heavy atom. The first-order valence-corrected chi connectivity index (χ1v) is 9.52. The minimum Gasteiger partial charge on any atom is -0.355 e. The molecule has 26 heavy (non-hydrogen) atoms. The quantitative estimate of drug-likeness (QED) is 0.731. The zero-order valence-corrected chi connectivity index (χ0v) is 14.6. The van der Waals surface area contributed by atoms with Gasteiger partial charge in [-0.15, -0.1) is 0 Å². The van der Waals surface area contributed by atoms with Crippen LogP contribution in [0.15, 0.2) is 48.8 Å². The van der Waals surface area contributed by atoms with Crippen LogP contribution in [0.5, 0.6) is 0 Å². The molecule has 2 aromatic heterocycles. The van der Waals surface area contributed by atoms with E-state index in [2.05, 4.69) is 45.1 Å². The van der Waals surface area contributed by atoms with E-state index >= 15 is 0 Å². The smallest absolute Gasteiger partial charge is 0.150 e. The van der Waals surface area contributed by atoms with Gasteiger partial charge < -0.3 is 9.80 Å². The van der Waals surface area contributed by atoms with Crippen LogP contribution < -0.4 is 9.80 Å². The van der Waals surface area contributed by atoms with Crippen LogP contribution >= 0.6 is 0 Å². The van der Waals surface area contributed by atoms with Gasteiger partial charge in [0.1, 0.15) is 5.82 Å². The van der Waals surface area contributed by atoms with E-state index in [4.69, 9.17) is 9.97 Å². The summed E-state index contributed by atoms with van der Waals surface area (Å²) in [4.78, 5) is 19.0. The highest BCUT2D eigenvalue weighted by molar-refractivity contribution is 5.80. The number of pyridine rings is 1. The molecule has 4 heterocycles. The molecule has 0 spiro atoms. The lowest BCUT2D eigenvalue weighted by atomic mass is 9.95. The Hall–Kier alpha value is -2.69. The number of rotatable bonds is 3. The van der Waals surface area contributed by atoms with E-state index in [-0.39, 0.29) is 0 Å². The average Bonchev–Trinajstić information content (AvgIpc) is 3.26. The number of nitrogens with zero attached hydrogens (tertiary/aromatic N) is 5. The van der Waals surface area contributed by atoms with Crippen molar-refractivity contribution in [2.24, 2.45) is 11.8 Å². The van der Waals surface area contributed by atoms with Crippen molar-refractivity contribution >= 4 is 22.5 Å². The van der Waals surface area contributed by atoms with Crippen molar-refractivity contribution in [2.45, 2.75) is 12.3 Å². The summed E-state index contributed by atoms with van der Waals surface area (Å²) in [7, 11) is 0. The van der Waals surface area contributed by atoms with Crippen LogP contribution in [0.2, 0.25) is 0 Å². The molecule has 0 radical (unpaired) electrons. The Balaban J connectivity index is 1.22. The maximum Gasteiger partial charge on any atom is 0.150 e. The molecule has 2 unspecified atom stereocenters. The molecular weight excluding hydrogens is 322 g/mol. The standard InChI is InChI=1S/C21H21N5/c1-2-4-18-14(3-1)5-6-19(24-18)25-12-17(13-25)20-21(23-8-7-22-20)26-10-15-9-16(15)11-26/h1-8,15-17H,9-13H2. The minimum atomic E-state index is 0.448. The lowest BCUT2D eigenvalue weighted by molar-refractivity contribution is 0.507. The molecule has 0 N–H and O–H groups in total. The van der Waals surface area contributed by atoms with Crippen molar-refractivity contribution < 1.29 is 0 Å². The Kier molecular flexibility index (Phi) is 3.01. The first kappa shape index (κ1) is 14.5. The SMILES string of the molecule is c1ccc2nc(N3CC(c4nccnc4N4CC5CC5C4)C3)ccc2c1. The number of benzene rings is 1. The van der Waals surface area contributed by atoms with Crippen LogP contribution in [0.3, 0.4) is 0 Å². The predicted molar refractivity (Wildman–Crippen MR) is 103 cm³/mol. The second-order valence-corrected chi connectivity index (χ2v) is 7.89.